The molecule has 0 aliphatic heterocycles. The summed E-state index contributed by atoms with van der Waals surface area (Å²) in [6.07, 6.45) is 3.87. The Morgan fingerprint density at radius 3 is 2.30 bits per heavy atom. The molecule has 0 heterocycles. The number of hydrogen-bond acceptors (Lipinski definition) is 3. The zero-order valence-corrected chi connectivity index (χ0v) is 11.3. The van der Waals surface area contributed by atoms with Crippen molar-refractivity contribution in [3.8, 4) is 0 Å². The third-order valence-corrected chi connectivity index (χ3v) is 3.74. The Hall–Kier alpha value is -1.88. The minimum Gasteiger partial charge on any atom is -0.478 e. The molecule has 1 amide bonds. The Morgan fingerprint density at radius 2 is 1.85 bits per heavy atom. The Bertz CT molecular complexity index is 479. The summed E-state index contributed by atoms with van der Waals surface area (Å²) in [5.74, 6) is -0.542. The van der Waals surface area contributed by atoms with Crippen molar-refractivity contribution in [2.75, 3.05) is 18.1 Å². The molecule has 1 aromatic carbocycles. The molecule has 0 saturated heterocycles. The molecule has 5 heteroatoms. The second-order valence-corrected chi connectivity index (χ2v) is 5.12. The fourth-order valence-corrected chi connectivity index (χ4v) is 2.34. The van der Waals surface area contributed by atoms with Crippen molar-refractivity contribution < 1.29 is 19.8 Å². The van der Waals surface area contributed by atoms with E-state index in [-0.39, 0.29) is 24.6 Å². The number of anilines is 1. The van der Waals surface area contributed by atoms with E-state index in [1.807, 2.05) is 0 Å². The largest absolute Gasteiger partial charge is 0.478 e. The maximum atomic E-state index is 12.3. The normalized spacial score (nSPS) is 14.7. The van der Waals surface area contributed by atoms with Crippen molar-refractivity contribution >= 4 is 17.6 Å². The molecule has 0 radical (unpaired) electrons. The van der Waals surface area contributed by atoms with Gasteiger partial charge in [-0.3, -0.25) is 4.79 Å². The number of carboxylic acid groups (broad SMARTS) is 1. The van der Waals surface area contributed by atoms with Gasteiger partial charge in [-0.2, -0.15) is 0 Å². The molecular formula is C15H19NO4. The molecule has 0 atom stereocenters. The van der Waals surface area contributed by atoms with Crippen molar-refractivity contribution in [3.05, 3.63) is 29.8 Å². The van der Waals surface area contributed by atoms with Gasteiger partial charge in [0.05, 0.1) is 12.2 Å². The van der Waals surface area contributed by atoms with Crippen molar-refractivity contribution in [1.29, 1.82) is 0 Å². The first-order valence-corrected chi connectivity index (χ1v) is 6.86. The number of aliphatic hydroxyl groups is 1. The summed E-state index contributed by atoms with van der Waals surface area (Å²) in [5, 5.41) is 18.0. The van der Waals surface area contributed by atoms with E-state index in [0.29, 0.717) is 18.0 Å². The van der Waals surface area contributed by atoms with E-state index in [2.05, 4.69) is 0 Å². The number of aliphatic hydroxyl groups excluding tert-OH is 1. The van der Waals surface area contributed by atoms with E-state index in [9.17, 15) is 9.59 Å². The molecular weight excluding hydrogens is 258 g/mol. The predicted molar refractivity (Wildman–Crippen MR) is 74.8 cm³/mol. The van der Waals surface area contributed by atoms with Crippen molar-refractivity contribution in [3.63, 3.8) is 0 Å². The third kappa shape index (κ3) is 3.36. The highest BCUT2D eigenvalue weighted by Gasteiger charge is 2.24. The first-order valence-electron chi connectivity index (χ1n) is 6.86. The minimum atomic E-state index is -0.994. The van der Waals surface area contributed by atoms with Gasteiger partial charge in [-0.25, -0.2) is 4.79 Å². The highest BCUT2D eigenvalue weighted by atomic mass is 16.4. The average Bonchev–Trinajstić information content (AvgIpc) is 2.40. The zero-order chi connectivity index (χ0) is 14.5. The fraction of sp³-hybridized carbons (Fsp3) is 0.467. The molecule has 1 aliphatic rings. The van der Waals surface area contributed by atoms with E-state index in [1.54, 1.807) is 12.1 Å². The SMILES string of the molecule is O=C(O)c1ccc(N(CCO)C(=O)CC2CCC2)cc1. The highest BCUT2D eigenvalue weighted by Crippen LogP contribution is 2.30. The Morgan fingerprint density at radius 1 is 1.20 bits per heavy atom. The Labute approximate surface area is 117 Å². The van der Waals surface area contributed by atoms with Gasteiger partial charge in [0.15, 0.2) is 0 Å². The lowest BCUT2D eigenvalue weighted by Gasteiger charge is -2.29. The summed E-state index contributed by atoms with van der Waals surface area (Å²) in [4.78, 5) is 24.6. The number of amides is 1. The lowest BCUT2D eigenvalue weighted by Crippen LogP contribution is -2.35. The van der Waals surface area contributed by atoms with Gasteiger partial charge in [0, 0.05) is 18.7 Å². The number of carboxylic acids is 1. The van der Waals surface area contributed by atoms with Gasteiger partial charge < -0.3 is 15.1 Å². The zero-order valence-electron chi connectivity index (χ0n) is 11.3. The van der Waals surface area contributed by atoms with Crippen LogP contribution in [0.4, 0.5) is 5.69 Å². The van der Waals surface area contributed by atoms with Gasteiger partial charge in [-0.05, 0) is 43.0 Å². The Kier molecular flexibility index (Phi) is 4.74. The molecule has 2 N–H and O–H groups in total. The summed E-state index contributed by atoms with van der Waals surface area (Å²) >= 11 is 0. The van der Waals surface area contributed by atoms with Crippen LogP contribution in [0.15, 0.2) is 24.3 Å². The van der Waals surface area contributed by atoms with E-state index in [0.717, 1.165) is 12.8 Å². The predicted octanol–water partition coefficient (Wildman–Crippen LogP) is 1.90. The van der Waals surface area contributed by atoms with Gasteiger partial charge in [0.2, 0.25) is 5.91 Å². The van der Waals surface area contributed by atoms with Crippen LogP contribution in [0, 0.1) is 5.92 Å². The molecule has 0 unspecified atom stereocenters. The third-order valence-electron chi connectivity index (χ3n) is 3.74. The standard InChI is InChI=1S/C15H19NO4/c17-9-8-16(14(18)10-11-2-1-3-11)13-6-4-12(5-7-13)15(19)20/h4-7,11,17H,1-3,8-10H2,(H,19,20). The Balaban J connectivity index is 2.09. The molecule has 1 aliphatic carbocycles. The molecule has 2 rings (SSSR count). The molecule has 0 aromatic heterocycles. The number of benzene rings is 1. The maximum Gasteiger partial charge on any atom is 0.335 e. The quantitative estimate of drug-likeness (QED) is 0.832. The number of carbonyl (C=O) groups excluding carboxylic acids is 1. The minimum absolute atomic E-state index is 0.00757. The first kappa shape index (κ1) is 14.5. The molecule has 108 valence electrons. The molecule has 0 bridgehead atoms. The first-order chi connectivity index (χ1) is 9.61. The van der Waals surface area contributed by atoms with Gasteiger partial charge >= 0.3 is 5.97 Å². The van der Waals surface area contributed by atoms with Crippen LogP contribution in [0.3, 0.4) is 0 Å². The van der Waals surface area contributed by atoms with Crippen LogP contribution >= 0.6 is 0 Å². The van der Waals surface area contributed by atoms with Gasteiger partial charge in [-0.15, -0.1) is 0 Å². The summed E-state index contributed by atoms with van der Waals surface area (Å²) in [7, 11) is 0. The van der Waals surface area contributed by atoms with Crippen LogP contribution < -0.4 is 4.90 Å². The van der Waals surface area contributed by atoms with Crippen LogP contribution in [0.25, 0.3) is 0 Å². The van der Waals surface area contributed by atoms with Crippen LogP contribution in [-0.2, 0) is 4.79 Å². The van der Waals surface area contributed by atoms with Crippen LogP contribution in [0.5, 0.6) is 0 Å². The second kappa shape index (κ2) is 6.52. The molecule has 5 nitrogen and oxygen atoms in total. The van der Waals surface area contributed by atoms with E-state index >= 15 is 0 Å². The smallest absolute Gasteiger partial charge is 0.335 e. The van der Waals surface area contributed by atoms with Crippen molar-refractivity contribution in [2.24, 2.45) is 5.92 Å². The second-order valence-electron chi connectivity index (χ2n) is 5.12. The monoisotopic (exact) mass is 277 g/mol. The summed E-state index contributed by atoms with van der Waals surface area (Å²) in [6, 6.07) is 6.16. The van der Waals surface area contributed by atoms with Crippen LogP contribution in [0.2, 0.25) is 0 Å². The molecule has 1 fully saturated rings. The topological polar surface area (TPSA) is 77.8 Å². The van der Waals surface area contributed by atoms with Gasteiger partial charge in [-0.1, -0.05) is 6.42 Å². The maximum absolute atomic E-state index is 12.3. The summed E-state index contributed by atoms with van der Waals surface area (Å²) < 4.78 is 0. The summed E-state index contributed by atoms with van der Waals surface area (Å²) in [5.41, 5.74) is 0.817. The van der Waals surface area contributed by atoms with Gasteiger partial charge in [0.1, 0.15) is 0 Å². The molecule has 1 saturated carbocycles. The fourth-order valence-electron chi connectivity index (χ4n) is 2.34. The summed E-state index contributed by atoms with van der Waals surface area (Å²) in [6.45, 7) is 0.120. The molecule has 0 spiro atoms. The number of nitrogens with zero attached hydrogens (tertiary/aromatic N) is 1. The number of hydrogen-bond donors (Lipinski definition) is 2. The van der Waals surface area contributed by atoms with Crippen molar-refractivity contribution in [1.82, 2.24) is 0 Å². The molecule has 20 heavy (non-hydrogen) atoms. The van der Waals surface area contributed by atoms with E-state index in [1.165, 1.54) is 23.5 Å². The lowest BCUT2D eigenvalue weighted by atomic mass is 9.82. The highest BCUT2D eigenvalue weighted by molar-refractivity contribution is 5.94. The number of carbonyl (C=O) groups is 2. The van der Waals surface area contributed by atoms with Gasteiger partial charge in [0.25, 0.3) is 0 Å². The number of aromatic carboxylic acids is 1. The van der Waals surface area contributed by atoms with E-state index in [4.69, 9.17) is 10.2 Å². The van der Waals surface area contributed by atoms with Crippen LogP contribution in [-0.4, -0.2) is 35.2 Å². The average molecular weight is 277 g/mol. The van der Waals surface area contributed by atoms with Crippen molar-refractivity contribution in [2.45, 2.75) is 25.7 Å². The van der Waals surface area contributed by atoms with Crippen LogP contribution in [0.1, 0.15) is 36.0 Å². The van der Waals surface area contributed by atoms with E-state index < -0.39 is 5.97 Å². The number of rotatable bonds is 6. The lowest BCUT2D eigenvalue weighted by molar-refractivity contribution is -0.120. The molecule has 1 aromatic rings.